The van der Waals surface area contributed by atoms with Crippen molar-refractivity contribution >= 4 is 15.7 Å². The first kappa shape index (κ1) is 21.2. The average molecular weight is 424 g/mol. The van der Waals surface area contributed by atoms with E-state index in [4.69, 9.17) is 0 Å². The lowest BCUT2D eigenvalue weighted by Gasteiger charge is -2.33. The molecule has 0 bridgehead atoms. The highest BCUT2D eigenvalue weighted by Crippen LogP contribution is 2.23. The monoisotopic (exact) mass is 424 g/mol. The number of amides is 1. The van der Waals surface area contributed by atoms with Crippen molar-refractivity contribution in [2.75, 3.05) is 24.6 Å². The van der Waals surface area contributed by atoms with Crippen LogP contribution in [0.25, 0.3) is 0 Å². The summed E-state index contributed by atoms with van der Waals surface area (Å²) in [6.07, 6.45) is 0. The van der Waals surface area contributed by atoms with Crippen LogP contribution in [0.5, 0.6) is 5.75 Å². The number of hydrogen-bond acceptors (Lipinski definition) is 5. The molecular weight excluding hydrogens is 402 g/mol. The van der Waals surface area contributed by atoms with E-state index in [1.165, 1.54) is 12.1 Å². The molecule has 1 unspecified atom stereocenters. The maximum Gasteiger partial charge on any atom is 0.387 e. The summed E-state index contributed by atoms with van der Waals surface area (Å²) < 4.78 is 52.6. The normalized spacial score (nSPS) is 17.6. The smallest absolute Gasteiger partial charge is 0.387 e. The van der Waals surface area contributed by atoms with Gasteiger partial charge in [-0.15, -0.1) is 0 Å². The molecule has 1 aliphatic heterocycles. The fourth-order valence-electron chi connectivity index (χ4n) is 3.27. The molecule has 1 N–H and O–H groups in total. The molecule has 2 aromatic rings. The Morgan fingerprint density at radius 2 is 1.76 bits per heavy atom. The van der Waals surface area contributed by atoms with Gasteiger partial charge in [0.1, 0.15) is 11.8 Å². The van der Waals surface area contributed by atoms with Crippen LogP contribution in [0.1, 0.15) is 17.2 Å². The molecule has 1 aliphatic rings. The van der Waals surface area contributed by atoms with E-state index >= 15 is 0 Å². The van der Waals surface area contributed by atoms with Crippen molar-refractivity contribution in [1.29, 1.82) is 0 Å². The first-order valence-corrected chi connectivity index (χ1v) is 11.0. The predicted molar refractivity (Wildman–Crippen MR) is 104 cm³/mol. The third-order valence-corrected chi connectivity index (χ3v) is 6.31. The van der Waals surface area contributed by atoms with E-state index in [-0.39, 0.29) is 42.8 Å². The Bertz CT molecular complexity index is 925. The maximum absolute atomic E-state index is 13.0. The molecule has 0 aliphatic carbocycles. The topological polar surface area (TPSA) is 75.7 Å². The highest BCUT2D eigenvalue weighted by atomic mass is 32.2. The van der Waals surface area contributed by atoms with Crippen LogP contribution in [0.3, 0.4) is 0 Å². The zero-order chi connectivity index (χ0) is 20.9. The van der Waals surface area contributed by atoms with Gasteiger partial charge in [-0.25, -0.2) is 8.42 Å². The molecule has 1 heterocycles. The van der Waals surface area contributed by atoms with Gasteiger partial charge in [-0.3, -0.25) is 9.69 Å². The SMILES string of the molecule is O=C(NCc1cccc(OC(F)F)c1)C(c1ccccc1)N1CCS(=O)(=O)CC1. The molecule has 0 spiro atoms. The van der Waals surface area contributed by atoms with Crippen LogP contribution in [-0.4, -0.2) is 50.4 Å². The number of carbonyl (C=O) groups is 1. The minimum Gasteiger partial charge on any atom is -0.435 e. The second-order valence-electron chi connectivity index (χ2n) is 6.74. The molecule has 29 heavy (non-hydrogen) atoms. The number of halogens is 2. The maximum atomic E-state index is 13.0. The number of nitrogens with one attached hydrogen (secondary N) is 1. The Balaban J connectivity index is 1.72. The van der Waals surface area contributed by atoms with Gasteiger partial charge in [0.05, 0.1) is 11.5 Å². The molecule has 6 nitrogen and oxygen atoms in total. The summed E-state index contributed by atoms with van der Waals surface area (Å²) in [7, 11) is -3.08. The van der Waals surface area contributed by atoms with Crippen LogP contribution in [0.15, 0.2) is 54.6 Å². The highest BCUT2D eigenvalue weighted by molar-refractivity contribution is 7.91. The van der Waals surface area contributed by atoms with Crippen molar-refractivity contribution in [3.63, 3.8) is 0 Å². The number of ether oxygens (including phenoxy) is 1. The lowest BCUT2D eigenvalue weighted by Crippen LogP contribution is -2.47. The van der Waals surface area contributed by atoms with Crippen LogP contribution in [0.4, 0.5) is 8.78 Å². The van der Waals surface area contributed by atoms with Crippen molar-refractivity contribution in [2.24, 2.45) is 0 Å². The van der Waals surface area contributed by atoms with Crippen LogP contribution in [-0.2, 0) is 21.2 Å². The van der Waals surface area contributed by atoms with E-state index in [1.807, 2.05) is 35.2 Å². The number of nitrogens with zero attached hydrogens (tertiary/aromatic N) is 1. The zero-order valence-corrected chi connectivity index (χ0v) is 16.4. The summed E-state index contributed by atoms with van der Waals surface area (Å²) in [5, 5.41) is 2.82. The Morgan fingerprint density at radius 3 is 2.41 bits per heavy atom. The van der Waals surface area contributed by atoms with Gasteiger partial charge in [0.15, 0.2) is 9.84 Å². The van der Waals surface area contributed by atoms with Crippen LogP contribution >= 0.6 is 0 Å². The number of sulfone groups is 1. The minimum absolute atomic E-state index is 0.0105. The summed E-state index contributed by atoms with van der Waals surface area (Å²) in [6.45, 7) is -2.24. The largest absolute Gasteiger partial charge is 0.435 e. The van der Waals surface area contributed by atoms with Crippen molar-refractivity contribution in [3.05, 3.63) is 65.7 Å². The van der Waals surface area contributed by atoms with E-state index in [2.05, 4.69) is 10.1 Å². The molecule has 0 saturated carbocycles. The summed E-state index contributed by atoms with van der Waals surface area (Å²) in [5.74, 6) is -0.240. The van der Waals surface area contributed by atoms with Crippen molar-refractivity contribution < 1.29 is 26.7 Å². The van der Waals surface area contributed by atoms with Gasteiger partial charge >= 0.3 is 6.61 Å². The zero-order valence-electron chi connectivity index (χ0n) is 15.6. The number of rotatable bonds is 7. The average Bonchev–Trinajstić information content (AvgIpc) is 2.68. The van der Waals surface area contributed by atoms with Gasteiger partial charge in [0.25, 0.3) is 0 Å². The quantitative estimate of drug-likeness (QED) is 0.739. The van der Waals surface area contributed by atoms with Crippen LogP contribution in [0, 0.1) is 0 Å². The molecule has 3 rings (SSSR count). The fraction of sp³-hybridized carbons (Fsp3) is 0.350. The molecule has 1 fully saturated rings. The van der Waals surface area contributed by atoms with E-state index in [0.29, 0.717) is 5.56 Å². The third kappa shape index (κ3) is 5.98. The lowest BCUT2D eigenvalue weighted by molar-refractivity contribution is -0.126. The highest BCUT2D eigenvalue weighted by Gasteiger charge is 2.32. The Hall–Kier alpha value is -2.52. The summed E-state index contributed by atoms with van der Waals surface area (Å²) in [4.78, 5) is 14.8. The fourth-order valence-corrected chi connectivity index (χ4v) is 4.50. The van der Waals surface area contributed by atoms with E-state index < -0.39 is 22.5 Å². The van der Waals surface area contributed by atoms with Gasteiger partial charge in [-0.2, -0.15) is 8.78 Å². The second kappa shape index (κ2) is 9.32. The first-order chi connectivity index (χ1) is 13.8. The van der Waals surface area contributed by atoms with Crippen molar-refractivity contribution in [2.45, 2.75) is 19.2 Å². The first-order valence-electron chi connectivity index (χ1n) is 9.15. The van der Waals surface area contributed by atoms with Gasteiger partial charge < -0.3 is 10.1 Å². The molecule has 2 aromatic carbocycles. The molecule has 0 aromatic heterocycles. The molecule has 1 atom stereocenters. The Kier molecular flexibility index (Phi) is 6.81. The third-order valence-electron chi connectivity index (χ3n) is 4.70. The number of carbonyl (C=O) groups excluding carboxylic acids is 1. The van der Waals surface area contributed by atoms with Gasteiger partial charge in [0, 0.05) is 19.6 Å². The Morgan fingerprint density at radius 1 is 1.07 bits per heavy atom. The lowest BCUT2D eigenvalue weighted by atomic mass is 10.0. The molecule has 0 radical (unpaired) electrons. The minimum atomic E-state index is -3.08. The van der Waals surface area contributed by atoms with E-state index in [0.717, 1.165) is 5.56 Å². The summed E-state index contributed by atoms with van der Waals surface area (Å²) >= 11 is 0. The number of benzene rings is 2. The second-order valence-corrected chi connectivity index (χ2v) is 9.05. The molecular formula is C20H22F2N2O4S. The summed E-state index contributed by atoms with van der Waals surface area (Å²) in [5.41, 5.74) is 1.38. The standard InChI is InChI=1S/C20H22F2N2O4S/c21-20(22)28-17-8-4-5-15(13-17)14-23-19(25)18(16-6-2-1-3-7-16)24-9-11-29(26,27)12-10-24/h1-8,13,18,20H,9-12,14H2,(H,23,25). The van der Waals surface area contributed by atoms with Crippen LogP contribution < -0.4 is 10.1 Å². The van der Waals surface area contributed by atoms with Gasteiger partial charge in [-0.05, 0) is 23.3 Å². The number of hydrogen-bond donors (Lipinski definition) is 1. The molecule has 9 heteroatoms. The predicted octanol–water partition coefficient (Wildman–Crippen LogP) is 2.38. The van der Waals surface area contributed by atoms with Gasteiger partial charge in [0.2, 0.25) is 5.91 Å². The van der Waals surface area contributed by atoms with Crippen LogP contribution in [0.2, 0.25) is 0 Å². The Labute approximate surface area is 168 Å². The van der Waals surface area contributed by atoms with Gasteiger partial charge in [-0.1, -0.05) is 42.5 Å². The van der Waals surface area contributed by atoms with E-state index in [1.54, 1.807) is 12.1 Å². The van der Waals surface area contributed by atoms with Crippen molar-refractivity contribution in [1.82, 2.24) is 10.2 Å². The molecule has 1 saturated heterocycles. The van der Waals surface area contributed by atoms with E-state index in [9.17, 15) is 22.0 Å². The molecule has 1 amide bonds. The summed E-state index contributed by atoms with van der Waals surface area (Å²) in [6, 6.07) is 14.6. The molecule has 156 valence electrons. The number of alkyl halides is 2. The van der Waals surface area contributed by atoms with Crippen molar-refractivity contribution in [3.8, 4) is 5.75 Å².